The molecule has 1 heterocycles. The fourth-order valence-corrected chi connectivity index (χ4v) is 2.94. The highest BCUT2D eigenvalue weighted by atomic mass is 16.1. The molecule has 1 amide bonds. The molecule has 0 aromatic heterocycles. The molecule has 0 unspecified atom stereocenters. The Morgan fingerprint density at radius 1 is 1.24 bits per heavy atom. The van der Waals surface area contributed by atoms with Gasteiger partial charge in [0.2, 0.25) is 5.91 Å². The van der Waals surface area contributed by atoms with Crippen molar-refractivity contribution in [2.75, 3.05) is 26.2 Å². The largest absolute Gasteiger partial charge is 0.368 e. The molecule has 1 saturated heterocycles. The van der Waals surface area contributed by atoms with Crippen LogP contribution in [-0.2, 0) is 4.79 Å². The number of hydrogen-bond acceptors (Lipinski definition) is 3. The Balaban J connectivity index is 2.87. The van der Waals surface area contributed by atoms with E-state index in [0.717, 1.165) is 58.3 Å². The first-order chi connectivity index (χ1) is 8.17. The molecule has 0 radical (unpaired) electrons. The molecule has 1 rings (SSSR count). The predicted octanol–water partition coefficient (Wildman–Crippen LogP) is 1.11. The Bertz CT molecular complexity index is 229. The van der Waals surface area contributed by atoms with Crippen molar-refractivity contribution < 1.29 is 4.79 Å². The number of rotatable bonds is 6. The summed E-state index contributed by atoms with van der Waals surface area (Å²) in [4.78, 5) is 14.3. The first-order valence-electron chi connectivity index (χ1n) is 6.93. The average molecular weight is 241 g/mol. The maximum atomic E-state index is 12.0. The molecular formula is C13H27N3O. The highest BCUT2D eigenvalue weighted by Crippen LogP contribution is 2.27. The minimum Gasteiger partial charge on any atom is -0.368 e. The summed E-state index contributed by atoms with van der Waals surface area (Å²) in [7, 11) is 0. The van der Waals surface area contributed by atoms with Gasteiger partial charge in [-0.25, -0.2) is 0 Å². The van der Waals surface area contributed by atoms with E-state index in [1.807, 2.05) is 0 Å². The maximum Gasteiger partial charge on any atom is 0.237 e. The standard InChI is InChI=1S/C13H27N3O/c1-3-6-13(7-4-2,12(14)17)16-10-5-8-15-9-11-16/h15H,3-11H2,1-2H3,(H2,14,17). The lowest BCUT2D eigenvalue weighted by Crippen LogP contribution is -2.58. The van der Waals surface area contributed by atoms with Gasteiger partial charge in [-0.1, -0.05) is 26.7 Å². The van der Waals surface area contributed by atoms with E-state index in [2.05, 4.69) is 24.1 Å². The molecule has 0 saturated carbocycles. The van der Waals surface area contributed by atoms with Crippen LogP contribution in [0.2, 0.25) is 0 Å². The molecule has 100 valence electrons. The van der Waals surface area contributed by atoms with Gasteiger partial charge < -0.3 is 11.1 Å². The van der Waals surface area contributed by atoms with Crippen LogP contribution in [0.15, 0.2) is 0 Å². The van der Waals surface area contributed by atoms with E-state index in [1.165, 1.54) is 0 Å². The topological polar surface area (TPSA) is 58.4 Å². The number of hydrogen-bond donors (Lipinski definition) is 2. The summed E-state index contributed by atoms with van der Waals surface area (Å²) >= 11 is 0. The smallest absolute Gasteiger partial charge is 0.237 e. The van der Waals surface area contributed by atoms with E-state index in [0.29, 0.717) is 0 Å². The van der Waals surface area contributed by atoms with Gasteiger partial charge in [0.1, 0.15) is 5.54 Å². The van der Waals surface area contributed by atoms with Crippen LogP contribution < -0.4 is 11.1 Å². The van der Waals surface area contributed by atoms with Gasteiger partial charge in [-0.3, -0.25) is 9.69 Å². The van der Waals surface area contributed by atoms with Crippen LogP contribution in [-0.4, -0.2) is 42.5 Å². The summed E-state index contributed by atoms with van der Waals surface area (Å²) in [6.07, 6.45) is 4.88. The zero-order valence-electron chi connectivity index (χ0n) is 11.3. The quantitative estimate of drug-likeness (QED) is 0.732. The second-order valence-electron chi connectivity index (χ2n) is 4.99. The van der Waals surface area contributed by atoms with Crippen molar-refractivity contribution in [3.8, 4) is 0 Å². The van der Waals surface area contributed by atoms with Crippen molar-refractivity contribution in [2.24, 2.45) is 5.73 Å². The van der Waals surface area contributed by atoms with Crippen LogP contribution in [0.25, 0.3) is 0 Å². The predicted molar refractivity (Wildman–Crippen MR) is 70.8 cm³/mol. The van der Waals surface area contributed by atoms with Gasteiger partial charge in [-0.05, 0) is 25.8 Å². The normalized spacial score (nSPS) is 18.9. The lowest BCUT2D eigenvalue weighted by atomic mass is 9.85. The number of carbonyl (C=O) groups excluding carboxylic acids is 1. The zero-order valence-corrected chi connectivity index (χ0v) is 11.3. The molecule has 17 heavy (non-hydrogen) atoms. The summed E-state index contributed by atoms with van der Waals surface area (Å²) in [6, 6.07) is 0. The van der Waals surface area contributed by atoms with Crippen molar-refractivity contribution in [1.82, 2.24) is 10.2 Å². The fraction of sp³-hybridized carbons (Fsp3) is 0.923. The molecule has 0 spiro atoms. The van der Waals surface area contributed by atoms with Gasteiger partial charge in [0.15, 0.2) is 0 Å². The summed E-state index contributed by atoms with van der Waals surface area (Å²) < 4.78 is 0. The third kappa shape index (κ3) is 3.42. The van der Waals surface area contributed by atoms with Gasteiger partial charge in [0.25, 0.3) is 0 Å². The third-order valence-electron chi connectivity index (χ3n) is 3.73. The Morgan fingerprint density at radius 3 is 2.41 bits per heavy atom. The van der Waals surface area contributed by atoms with Crippen molar-refractivity contribution >= 4 is 5.91 Å². The van der Waals surface area contributed by atoms with Crippen LogP contribution in [0.1, 0.15) is 46.0 Å². The number of primary amides is 1. The molecule has 4 nitrogen and oxygen atoms in total. The molecule has 1 fully saturated rings. The second-order valence-corrected chi connectivity index (χ2v) is 4.99. The molecule has 0 atom stereocenters. The molecular weight excluding hydrogens is 214 g/mol. The minimum atomic E-state index is -0.407. The van der Waals surface area contributed by atoms with Crippen LogP contribution in [0, 0.1) is 0 Å². The van der Waals surface area contributed by atoms with Crippen LogP contribution >= 0.6 is 0 Å². The van der Waals surface area contributed by atoms with Gasteiger partial charge in [0.05, 0.1) is 0 Å². The van der Waals surface area contributed by atoms with Crippen molar-refractivity contribution in [2.45, 2.75) is 51.5 Å². The lowest BCUT2D eigenvalue weighted by molar-refractivity contribution is -0.131. The number of nitrogens with zero attached hydrogens (tertiary/aromatic N) is 1. The summed E-state index contributed by atoms with van der Waals surface area (Å²) in [5, 5.41) is 3.38. The van der Waals surface area contributed by atoms with Crippen LogP contribution in [0.5, 0.6) is 0 Å². The molecule has 4 heteroatoms. The van der Waals surface area contributed by atoms with E-state index in [9.17, 15) is 4.79 Å². The fourth-order valence-electron chi connectivity index (χ4n) is 2.94. The maximum absolute atomic E-state index is 12.0. The van der Waals surface area contributed by atoms with E-state index < -0.39 is 5.54 Å². The summed E-state index contributed by atoms with van der Waals surface area (Å²) in [6.45, 7) is 8.18. The highest BCUT2D eigenvalue weighted by Gasteiger charge is 2.40. The molecule has 3 N–H and O–H groups in total. The molecule has 0 aromatic rings. The van der Waals surface area contributed by atoms with E-state index in [1.54, 1.807) is 0 Å². The molecule has 0 aliphatic carbocycles. The van der Waals surface area contributed by atoms with E-state index >= 15 is 0 Å². The SMILES string of the molecule is CCCC(CCC)(C(N)=O)N1CCCNCC1. The van der Waals surface area contributed by atoms with Gasteiger partial charge in [-0.15, -0.1) is 0 Å². The Hall–Kier alpha value is -0.610. The van der Waals surface area contributed by atoms with E-state index in [4.69, 9.17) is 5.73 Å². The Kier molecular flexibility index (Phi) is 5.92. The van der Waals surface area contributed by atoms with Crippen molar-refractivity contribution in [3.05, 3.63) is 0 Å². The zero-order chi connectivity index (χ0) is 12.7. The molecule has 1 aliphatic heterocycles. The third-order valence-corrected chi connectivity index (χ3v) is 3.73. The van der Waals surface area contributed by atoms with Crippen LogP contribution in [0.4, 0.5) is 0 Å². The number of carbonyl (C=O) groups is 1. The monoisotopic (exact) mass is 241 g/mol. The van der Waals surface area contributed by atoms with Gasteiger partial charge >= 0.3 is 0 Å². The first-order valence-corrected chi connectivity index (χ1v) is 6.93. The Labute approximate surface area is 105 Å². The van der Waals surface area contributed by atoms with Gasteiger partial charge in [0, 0.05) is 19.6 Å². The number of nitrogens with two attached hydrogens (primary N) is 1. The average Bonchev–Trinajstić information content (AvgIpc) is 2.57. The number of nitrogens with one attached hydrogen (secondary N) is 1. The Morgan fingerprint density at radius 2 is 1.88 bits per heavy atom. The molecule has 0 bridgehead atoms. The lowest BCUT2D eigenvalue weighted by Gasteiger charge is -2.41. The van der Waals surface area contributed by atoms with Crippen molar-refractivity contribution in [3.63, 3.8) is 0 Å². The molecule has 0 aromatic carbocycles. The van der Waals surface area contributed by atoms with Crippen molar-refractivity contribution in [1.29, 1.82) is 0 Å². The first kappa shape index (κ1) is 14.5. The van der Waals surface area contributed by atoms with E-state index in [-0.39, 0.29) is 5.91 Å². The van der Waals surface area contributed by atoms with Gasteiger partial charge in [-0.2, -0.15) is 0 Å². The molecule has 1 aliphatic rings. The second kappa shape index (κ2) is 6.97. The number of amides is 1. The van der Waals surface area contributed by atoms with Crippen LogP contribution in [0.3, 0.4) is 0 Å². The minimum absolute atomic E-state index is 0.136. The summed E-state index contributed by atoms with van der Waals surface area (Å²) in [5.74, 6) is -0.136. The summed E-state index contributed by atoms with van der Waals surface area (Å²) in [5.41, 5.74) is 5.32. The highest BCUT2D eigenvalue weighted by molar-refractivity contribution is 5.84.